The van der Waals surface area contributed by atoms with Crippen LogP contribution in [-0.2, 0) is 15.7 Å². The van der Waals surface area contributed by atoms with Crippen LogP contribution < -0.4 is 5.32 Å². The van der Waals surface area contributed by atoms with Crippen LogP contribution in [0.2, 0.25) is 0 Å². The molecule has 0 fully saturated rings. The number of carbonyl (C=O) groups is 1. The third-order valence-electron chi connectivity index (χ3n) is 3.49. The van der Waals surface area contributed by atoms with E-state index >= 15 is 0 Å². The van der Waals surface area contributed by atoms with E-state index in [1.165, 1.54) is 13.0 Å². The van der Waals surface area contributed by atoms with Gasteiger partial charge in [0.05, 0.1) is 12.2 Å². The first-order valence-corrected chi connectivity index (χ1v) is 7.92. The second-order valence-electron chi connectivity index (χ2n) is 5.42. The van der Waals surface area contributed by atoms with E-state index in [1.807, 2.05) is 0 Å². The molecule has 0 aromatic heterocycles. The van der Waals surface area contributed by atoms with Gasteiger partial charge in [-0.25, -0.2) is 0 Å². The Bertz CT molecular complexity index is 501. The Morgan fingerprint density at radius 3 is 2.52 bits per heavy atom. The topological polar surface area (TPSA) is 38.3 Å². The number of nitrogens with one attached hydrogen (secondary N) is 1. The van der Waals surface area contributed by atoms with Gasteiger partial charge in [-0.2, -0.15) is 13.2 Å². The minimum absolute atomic E-state index is 0.176. The van der Waals surface area contributed by atoms with E-state index in [4.69, 9.17) is 4.74 Å². The third-order valence-corrected chi connectivity index (χ3v) is 3.49. The minimum atomic E-state index is -4.32. The second kappa shape index (κ2) is 9.43. The third kappa shape index (κ3) is 7.39. The molecule has 6 heteroatoms. The monoisotopic (exact) mass is 331 g/mol. The zero-order chi connectivity index (χ0) is 17.3. The average molecular weight is 331 g/mol. The number of hydrogen-bond donors (Lipinski definition) is 1. The Morgan fingerprint density at radius 1 is 1.17 bits per heavy atom. The molecule has 0 aliphatic carbocycles. The lowest BCUT2D eigenvalue weighted by molar-refractivity contribution is -0.143. The SMILES string of the molecule is CCOC(=O)CCCCCCNc1ccc(C)c(C(F)(F)F)c1. The largest absolute Gasteiger partial charge is 0.466 e. The highest BCUT2D eigenvalue weighted by molar-refractivity contribution is 5.69. The van der Waals surface area contributed by atoms with Crippen molar-refractivity contribution in [3.63, 3.8) is 0 Å². The van der Waals surface area contributed by atoms with Gasteiger partial charge in [-0.3, -0.25) is 4.79 Å². The van der Waals surface area contributed by atoms with Crippen LogP contribution in [0.25, 0.3) is 0 Å². The van der Waals surface area contributed by atoms with E-state index in [0.29, 0.717) is 25.3 Å². The minimum Gasteiger partial charge on any atom is -0.466 e. The molecule has 130 valence electrons. The smallest absolute Gasteiger partial charge is 0.416 e. The lowest BCUT2D eigenvalue weighted by Gasteiger charge is -2.13. The average Bonchev–Trinajstić information content (AvgIpc) is 2.47. The van der Waals surface area contributed by atoms with Gasteiger partial charge in [0.2, 0.25) is 0 Å². The van der Waals surface area contributed by atoms with Crippen LogP contribution in [0.1, 0.15) is 50.2 Å². The molecule has 1 rings (SSSR count). The molecule has 0 saturated carbocycles. The summed E-state index contributed by atoms with van der Waals surface area (Å²) in [6, 6.07) is 4.28. The highest BCUT2D eigenvalue weighted by Crippen LogP contribution is 2.33. The maximum atomic E-state index is 12.8. The maximum absolute atomic E-state index is 12.8. The quantitative estimate of drug-likeness (QED) is 0.514. The lowest BCUT2D eigenvalue weighted by atomic mass is 10.1. The molecule has 0 spiro atoms. The summed E-state index contributed by atoms with van der Waals surface area (Å²) in [6.45, 7) is 4.24. The van der Waals surface area contributed by atoms with Crippen LogP contribution in [0.3, 0.4) is 0 Å². The predicted molar refractivity (Wildman–Crippen MR) is 84.4 cm³/mol. The number of rotatable bonds is 9. The van der Waals surface area contributed by atoms with Crippen molar-refractivity contribution >= 4 is 11.7 Å². The van der Waals surface area contributed by atoms with Crippen molar-refractivity contribution in [2.24, 2.45) is 0 Å². The summed E-state index contributed by atoms with van der Waals surface area (Å²) in [5.41, 5.74) is 0.105. The van der Waals surface area contributed by atoms with Crippen LogP contribution in [0.15, 0.2) is 18.2 Å². The van der Waals surface area contributed by atoms with Crippen LogP contribution in [-0.4, -0.2) is 19.1 Å². The first kappa shape index (κ1) is 19.3. The molecule has 0 saturated heterocycles. The Balaban J connectivity index is 2.25. The molecule has 0 radical (unpaired) electrons. The van der Waals surface area contributed by atoms with Crippen molar-refractivity contribution < 1.29 is 22.7 Å². The molecule has 0 aliphatic heterocycles. The molecule has 0 aliphatic rings. The molecular formula is C17H24F3NO2. The number of alkyl halides is 3. The summed E-state index contributed by atoms with van der Waals surface area (Å²) in [5, 5.41) is 3.01. The highest BCUT2D eigenvalue weighted by atomic mass is 19.4. The fraction of sp³-hybridized carbons (Fsp3) is 0.588. The van der Waals surface area contributed by atoms with Crippen LogP contribution in [0, 0.1) is 6.92 Å². The zero-order valence-electron chi connectivity index (χ0n) is 13.6. The zero-order valence-corrected chi connectivity index (χ0v) is 13.6. The van der Waals surface area contributed by atoms with Crippen LogP contribution >= 0.6 is 0 Å². The summed E-state index contributed by atoms with van der Waals surface area (Å²) in [7, 11) is 0. The molecule has 1 N–H and O–H groups in total. The van der Waals surface area contributed by atoms with Gasteiger partial charge >= 0.3 is 12.1 Å². The summed E-state index contributed by atoms with van der Waals surface area (Å²) in [6.07, 6.45) is -0.449. The maximum Gasteiger partial charge on any atom is 0.416 e. The van der Waals surface area contributed by atoms with Gasteiger partial charge in [-0.05, 0) is 44.4 Å². The summed E-state index contributed by atoms with van der Waals surface area (Å²) in [5.74, 6) is -0.176. The van der Waals surface area contributed by atoms with E-state index in [1.54, 1.807) is 13.0 Å². The molecule has 3 nitrogen and oxygen atoms in total. The van der Waals surface area contributed by atoms with Crippen LogP contribution in [0.5, 0.6) is 0 Å². The Morgan fingerprint density at radius 2 is 1.87 bits per heavy atom. The Labute approximate surface area is 135 Å². The fourth-order valence-corrected chi connectivity index (χ4v) is 2.25. The normalized spacial score (nSPS) is 11.3. The lowest BCUT2D eigenvalue weighted by Crippen LogP contribution is -2.09. The van der Waals surface area contributed by atoms with Crippen molar-refractivity contribution in [2.75, 3.05) is 18.5 Å². The second-order valence-corrected chi connectivity index (χ2v) is 5.42. The molecule has 0 heterocycles. The van der Waals surface area contributed by atoms with Gasteiger partial charge in [0.15, 0.2) is 0 Å². The van der Waals surface area contributed by atoms with E-state index in [0.717, 1.165) is 31.7 Å². The van der Waals surface area contributed by atoms with Crippen molar-refractivity contribution in [2.45, 2.75) is 52.1 Å². The number of ether oxygens (including phenoxy) is 1. The highest BCUT2D eigenvalue weighted by Gasteiger charge is 2.32. The van der Waals surface area contributed by atoms with Gasteiger partial charge < -0.3 is 10.1 Å². The van der Waals surface area contributed by atoms with E-state index in [2.05, 4.69) is 5.32 Å². The molecule has 0 unspecified atom stereocenters. The molecule has 23 heavy (non-hydrogen) atoms. The van der Waals surface area contributed by atoms with E-state index < -0.39 is 11.7 Å². The summed E-state index contributed by atoms with van der Waals surface area (Å²) >= 11 is 0. The van der Waals surface area contributed by atoms with Gasteiger partial charge in [0.25, 0.3) is 0 Å². The van der Waals surface area contributed by atoms with Crippen molar-refractivity contribution in [3.8, 4) is 0 Å². The van der Waals surface area contributed by atoms with Crippen LogP contribution in [0.4, 0.5) is 18.9 Å². The summed E-state index contributed by atoms with van der Waals surface area (Å²) < 4.78 is 43.3. The van der Waals surface area contributed by atoms with Crippen molar-refractivity contribution in [3.05, 3.63) is 29.3 Å². The first-order valence-electron chi connectivity index (χ1n) is 7.92. The predicted octanol–water partition coefficient (Wildman–Crippen LogP) is 4.94. The number of esters is 1. The molecule has 0 bridgehead atoms. The molecule has 1 aromatic rings. The first-order chi connectivity index (χ1) is 10.8. The van der Waals surface area contributed by atoms with Gasteiger partial charge in [0.1, 0.15) is 0 Å². The number of anilines is 1. The van der Waals surface area contributed by atoms with Gasteiger partial charge in [-0.15, -0.1) is 0 Å². The summed E-state index contributed by atoms with van der Waals surface area (Å²) in [4.78, 5) is 11.1. The van der Waals surface area contributed by atoms with Gasteiger partial charge in [0, 0.05) is 18.7 Å². The number of hydrogen-bond acceptors (Lipinski definition) is 3. The molecular weight excluding hydrogens is 307 g/mol. The Hall–Kier alpha value is -1.72. The molecule has 1 aromatic carbocycles. The van der Waals surface area contributed by atoms with E-state index in [-0.39, 0.29) is 11.5 Å². The van der Waals surface area contributed by atoms with Gasteiger partial charge in [-0.1, -0.05) is 18.9 Å². The van der Waals surface area contributed by atoms with Crippen molar-refractivity contribution in [1.82, 2.24) is 0 Å². The molecule has 0 amide bonds. The standard InChI is InChI=1S/C17H24F3NO2/c1-3-23-16(22)8-6-4-5-7-11-21-14-10-9-13(2)15(12-14)17(18,19)20/h9-10,12,21H,3-8,11H2,1-2H3. The molecule has 0 atom stereocenters. The fourth-order valence-electron chi connectivity index (χ4n) is 2.25. The number of unbranched alkanes of at least 4 members (excludes halogenated alkanes) is 3. The number of benzene rings is 1. The number of aryl methyl sites for hydroxylation is 1. The Kier molecular flexibility index (Phi) is 7.92. The number of carbonyl (C=O) groups excluding carboxylic acids is 1. The number of halogens is 3. The van der Waals surface area contributed by atoms with Crippen molar-refractivity contribution in [1.29, 1.82) is 0 Å². The van der Waals surface area contributed by atoms with E-state index in [9.17, 15) is 18.0 Å².